The Balaban J connectivity index is 1.60. The number of Topliss-reactive ketones (excluding diaryl/α,β-unsaturated/α-hetero) is 1. The van der Waals surface area contributed by atoms with E-state index in [9.17, 15) is 4.79 Å². The summed E-state index contributed by atoms with van der Waals surface area (Å²) in [6.45, 7) is 3.77. The standard InChI is InChI=1S/C21H20N4O/c1-14-11-17-5-3-4-6-19(17)25(14)21-12-20(22-13-23-21)24-18-9-7-16(8-10-18)15(2)26/h3-10,12-14H,11H2,1-2H3,(H,22,23,24). The molecule has 3 aromatic rings. The molecule has 130 valence electrons. The van der Waals surface area contributed by atoms with Crippen LogP contribution < -0.4 is 10.2 Å². The Labute approximate surface area is 152 Å². The molecule has 0 saturated heterocycles. The predicted octanol–water partition coefficient (Wildman–Crippen LogP) is 4.51. The van der Waals surface area contributed by atoms with Gasteiger partial charge in [0.1, 0.15) is 18.0 Å². The maximum Gasteiger partial charge on any atom is 0.159 e. The SMILES string of the molecule is CC(=O)c1ccc(Nc2cc(N3c4ccccc4CC3C)ncn2)cc1. The van der Waals surface area contributed by atoms with Crippen molar-refractivity contribution in [3.63, 3.8) is 0 Å². The molecule has 0 bridgehead atoms. The quantitative estimate of drug-likeness (QED) is 0.706. The number of anilines is 4. The van der Waals surface area contributed by atoms with E-state index in [1.165, 1.54) is 11.3 Å². The van der Waals surface area contributed by atoms with E-state index < -0.39 is 0 Å². The molecule has 1 unspecified atom stereocenters. The number of fused-ring (bicyclic) bond motifs is 1. The molecule has 26 heavy (non-hydrogen) atoms. The number of ketones is 1. The number of para-hydroxylation sites is 1. The van der Waals surface area contributed by atoms with Gasteiger partial charge in [-0.1, -0.05) is 18.2 Å². The molecule has 0 radical (unpaired) electrons. The molecule has 1 aliphatic heterocycles. The number of carbonyl (C=O) groups is 1. The smallest absolute Gasteiger partial charge is 0.159 e. The summed E-state index contributed by atoms with van der Waals surface area (Å²) in [7, 11) is 0. The molecule has 5 heteroatoms. The van der Waals surface area contributed by atoms with Gasteiger partial charge in [0, 0.05) is 29.0 Å². The van der Waals surface area contributed by atoms with E-state index in [4.69, 9.17) is 0 Å². The normalized spacial score (nSPS) is 15.6. The van der Waals surface area contributed by atoms with Crippen LogP contribution in [0.25, 0.3) is 0 Å². The zero-order chi connectivity index (χ0) is 18.1. The molecule has 1 aromatic heterocycles. The predicted molar refractivity (Wildman–Crippen MR) is 104 cm³/mol. The molecule has 0 saturated carbocycles. The number of hydrogen-bond donors (Lipinski definition) is 1. The zero-order valence-corrected chi connectivity index (χ0v) is 14.8. The third kappa shape index (κ3) is 3.04. The fourth-order valence-electron chi connectivity index (χ4n) is 3.40. The molecule has 5 nitrogen and oxygen atoms in total. The minimum atomic E-state index is 0.0579. The van der Waals surface area contributed by atoms with Gasteiger partial charge in [-0.05, 0) is 56.2 Å². The van der Waals surface area contributed by atoms with Crippen LogP contribution in [-0.2, 0) is 6.42 Å². The van der Waals surface area contributed by atoms with Crippen LogP contribution in [0.3, 0.4) is 0 Å². The van der Waals surface area contributed by atoms with Crippen LogP contribution in [0.1, 0.15) is 29.8 Å². The molecule has 0 fully saturated rings. The van der Waals surface area contributed by atoms with Crippen molar-refractivity contribution in [3.05, 3.63) is 72.1 Å². The largest absolute Gasteiger partial charge is 0.340 e. The van der Waals surface area contributed by atoms with Crippen molar-refractivity contribution in [1.82, 2.24) is 9.97 Å². The lowest BCUT2D eigenvalue weighted by molar-refractivity contribution is 0.101. The molecular formula is C21H20N4O. The average molecular weight is 344 g/mol. The summed E-state index contributed by atoms with van der Waals surface area (Å²) in [6, 6.07) is 18.1. The molecule has 2 heterocycles. The van der Waals surface area contributed by atoms with Crippen LogP contribution in [-0.4, -0.2) is 21.8 Å². The average Bonchev–Trinajstić information content (AvgIpc) is 2.98. The molecule has 1 N–H and O–H groups in total. The Kier molecular flexibility index (Phi) is 4.13. The van der Waals surface area contributed by atoms with E-state index in [0.717, 1.165) is 23.7 Å². The van der Waals surface area contributed by atoms with Gasteiger partial charge in [0.15, 0.2) is 5.78 Å². The van der Waals surface area contributed by atoms with E-state index in [1.807, 2.05) is 30.3 Å². The van der Waals surface area contributed by atoms with Gasteiger partial charge in [0.2, 0.25) is 0 Å². The van der Waals surface area contributed by atoms with Gasteiger partial charge >= 0.3 is 0 Å². The maximum absolute atomic E-state index is 11.4. The summed E-state index contributed by atoms with van der Waals surface area (Å²) in [5.41, 5.74) is 4.12. The summed E-state index contributed by atoms with van der Waals surface area (Å²) in [4.78, 5) is 22.5. The Morgan fingerprint density at radius 3 is 2.65 bits per heavy atom. The van der Waals surface area contributed by atoms with Crippen LogP contribution in [0.15, 0.2) is 60.9 Å². The first-order chi connectivity index (χ1) is 12.6. The first kappa shape index (κ1) is 16.3. The third-order valence-electron chi connectivity index (χ3n) is 4.67. The number of aromatic nitrogens is 2. The van der Waals surface area contributed by atoms with Crippen LogP contribution in [0.4, 0.5) is 23.0 Å². The lowest BCUT2D eigenvalue weighted by atomic mass is 10.1. The summed E-state index contributed by atoms with van der Waals surface area (Å²) < 4.78 is 0. The lowest BCUT2D eigenvalue weighted by Crippen LogP contribution is -2.24. The zero-order valence-electron chi connectivity index (χ0n) is 14.8. The van der Waals surface area contributed by atoms with Gasteiger partial charge in [-0.25, -0.2) is 9.97 Å². The highest BCUT2D eigenvalue weighted by Gasteiger charge is 2.27. The summed E-state index contributed by atoms with van der Waals surface area (Å²) in [5, 5.41) is 3.28. The van der Waals surface area contributed by atoms with Gasteiger partial charge in [0.05, 0.1) is 0 Å². The fraction of sp³-hybridized carbons (Fsp3) is 0.190. The molecule has 0 spiro atoms. The molecule has 1 atom stereocenters. The van der Waals surface area contributed by atoms with Crippen molar-refractivity contribution in [3.8, 4) is 0 Å². The molecule has 0 amide bonds. The van der Waals surface area contributed by atoms with Crippen molar-refractivity contribution in [2.24, 2.45) is 0 Å². The number of carbonyl (C=O) groups excluding carboxylic acids is 1. The highest BCUT2D eigenvalue weighted by atomic mass is 16.1. The minimum Gasteiger partial charge on any atom is -0.340 e. The molecule has 2 aromatic carbocycles. The summed E-state index contributed by atoms with van der Waals surface area (Å²) in [6.07, 6.45) is 2.59. The Hall–Kier alpha value is -3.21. The van der Waals surface area contributed by atoms with E-state index in [-0.39, 0.29) is 5.78 Å². The van der Waals surface area contributed by atoms with Crippen LogP contribution >= 0.6 is 0 Å². The van der Waals surface area contributed by atoms with E-state index >= 15 is 0 Å². The molecule has 4 rings (SSSR count). The third-order valence-corrected chi connectivity index (χ3v) is 4.67. The topological polar surface area (TPSA) is 58.1 Å². The van der Waals surface area contributed by atoms with Crippen LogP contribution in [0, 0.1) is 0 Å². The van der Waals surface area contributed by atoms with Crippen molar-refractivity contribution in [2.45, 2.75) is 26.3 Å². The van der Waals surface area contributed by atoms with Gasteiger partial charge < -0.3 is 10.2 Å². The van der Waals surface area contributed by atoms with Crippen LogP contribution in [0.2, 0.25) is 0 Å². The van der Waals surface area contributed by atoms with Crippen molar-refractivity contribution >= 4 is 28.8 Å². The highest BCUT2D eigenvalue weighted by molar-refractivity contribution is 5.94. The van der Waals surface area contributed by atoms with Gasteiger partial charge in [-0.2, -0.15) is 0 Å². The van der Waals surface area contributed by atoms with Crippen molar-refractivity contribution < 1.29 is 4.79 Å². The van der Waals surface area contributed by atoms with E-state index in [1.54, 1.807) is 13.3 Å². The second kappa shape index (κ2) is 6.59. The Morgan fingerprint density at radius 2 is 1.88 bits per heavy atom. The number of nitrogens with one attached hydrogen (secondary N) is 1. The maximum atomic E-state index is 11.4. The first-order valence-electron chi connectivity index (χ1n) is 8.69. The Morgan fingerprint density at radius 1 is 1.12 bits per heavy atom. The second-order valence-corrected chi connectivity index (χ2v) is 6.57. The molecular weight excluding hydrogens is 324 g/mol. The van der Waals surface area contributed by atoms with Gasteiger partial charge in [-0.3, -0.25) is 4.79 Å². The Bertz CT molecular complexity index is 952. The minimum absolute atomic E-state index is 0.0579. The second-order valence-electron chi connectivity index (χ2n) is 6.57. The highest BCUT2D eigenvalue weighted by Crippen LogP contribution is 2.37. The summed E-state index contributed by atoms with van der Waals surface area (Å²) >= 11 is 0. The number of nitrogens with zero attached hydrogens (tertiary/aromatic N) is 3. The number of rotatable bonds is 4. The summed E-state index contributed by atoms with van der Waals surface area (Å²) in [5.74, 6) is 1.66. The number of hydrogen-bond acceptors (Lipinski definition) is 5. The van der Waals surface area contributed by atoms with E-state index in [2.05, 4.69) is 51.4 Å². The monoisotopic (exact) mass is 344 g/mol. The van der Waals surface area contributed by atoms with Crippen LogP contribution in [0.5, 0.6) is 0 Å². The molecule has 1 aliphatic rings. The molecule has 0 aliphatic carbocycles. The first-order valence-corrected chi connectivity index (χ1v) is 8.69. The van der Waals surface area contributed by atoms with Gasteiger partial charge in [-0.15, -0.1) is 0 Å². The number of benzene rings is 2. The van der Waals surface area contributed by atoms with E-state index in [0.29, 0.717) is 11.6 Å². The lowest BCUT2D eigenvalue weighted by Gasteiger charge is -2.24. The van der Waals surface area contributed by atoms with Gasteiger partial charge in [0.25, 0.3) is 0 Å². The fourth-order valence-corrected chi connectivity index (χ4v) is 3.40. The van der Waals surface area contributed by atoms with Crippen molar-refractivity contribution in [1.29, 1.82) is 0 Å². The van der Waals surface area contributed by atoms with Crippen molar-refractivity contribution in [2.75, 3.05) is 10.2 Å².